The zero-order chi connectivity index (χ0) is 23.2. The molecule has 0 aliphatic rings. The largest absolute Gasteiger partial charge is 0.486 e. The molecule has 1 amide bonds. The highest BCUT2D eigenvalue weighted by Gasteiger charge is 2.17. The van der Waals surface area contributed by atoms with Gasteiger partial charge in [0.25, 0.3) is 0 Å². The van der Waals surface area contributed by atoms with Gasteiger partial charge in [0.15, 0.2) is 11.0 Å². The van der Waals surface area contributed by atoms with Crippen molar-refractivity contribution in [2.75, 3.05) is 11.1 Å². The number of carbonyl (C=O) groups excluding carboxylic acids is 1. The Balaban J connectivity index is 1.51. The summed E-state index contributed by atoms with van der Waals surface area (Å²) < 4.78 is 7.76. The first kappa shape index (κ1) is 22.9. The number of para-hydroxylation sites is 1. The summed E-state index contributed by atoms with van der Waals surface area (Å²) in [6, 6.07) is 22.8. The molecular weight excluding hydrogens is 456 g/mol. The number of amides is 1. The van der Waals surface area contributed by atoms with Gasteiger partial charge in [-0.15, -0.1) is 10.2 Å². The van der Waals surface area contributed by atoms with E-state index >= 15 is 0 Å². The molecule has 8 heteroatoms. The van der Waals surface area contributed by atoms with Crippen LogP contribution in [0.3, 0.4) is 0 Å². The summed E-state index contributed by atoms with van der Waals surface area (Å²) in [6.07, 6.45) is 0. The molecule has 0 saturated heterocycles. The van der Waals surface area contributed by atoms with E-state index in [2.05, 4.69) is 15.5 Å². The van der Waals surface area contributed by atoms with E-state index in [1.807, 2.05) is 79.1 Å². The smallest absolute Gasteiger partial charge is 0.234 e. The minimum atomic E-state index is -0.111. The first-order chi connectivity index (χ1) is 16.0. The van der Waals surface area contributed by atoms with Crippen molar-refractivity contribution >= 4 is 35.0 Å². The first-order valence-electron chi connectivity index (χ1n) is 10.4. The zero-order valence-corrected chi connectivity index (χ0v) is 19.9. The second-order valence-corrected chi connectivity index (χ2v) is 8.85. The molecule has 0 spiro atoms. The Kier molecular flexibility index (Phi) is 7.32. The maximum absolute atomic E-state index is 12.6. The summed E-state index contributed by atoms with van der Waals surface area (Å²) in [4.78, 5) is 12.6. The predicted molar refractivity (Wildman–Crippen MR) is 132 cm³/mol. The van der Waals surface area contributed by atoms with Crippen LogP contribution in [0.1, 0.15) is 17.0 Å². The maximum atomic E-state index is 12.6. The fourth-order valence-electron chi connectivity index (χ4n) is 3.27. The lowest BCUT2D eigenvalue weighted by atomic mass is 10.1. The molecule has 168 valence electrons. The van der Waals surface area contributed by atoms with Crippen LogP contribution < -0.4 is 10.1 Å². The van der Waals surface area contributed by atoms with Crippen molar-refractivity contribution < 1.29 is 9.53 Å². The van der Waals surface area contributed by atoms with Crippen LogP contribution in [0.4, 0.5) is 5.69 Å². The van der Waals surface area contributed by atoms with E-state index in [0.717, 1.165) is 28.3 Å². The van der Waals surface area contributed by atoms with E-state index in [9.17, 15) is 4.79 Å². The van der Waals surface area contributed by atoms with Crippen molar-refractivity contribution in [3.05, 3.63) is 94.8 Å². The number of carbonyl (C=O) groups is 1. The molecule has 33 heavy (non-hydrogen) atoms. The van der Waals surface area contributed by atoms with Crippen LogP contribution in [0.15, 0.2) is 78.0 Å². The van der Waals surface area contributed by atoms with Gasteiger partial charge in [0.2, 0.25) is 5.91 Å². The molecule has 3 aromatic carbocycles. The molecule has 0 atom stereocenters. The molecule has 0 bridgehead atoms. The van der Waals surface area contributed by atoms with Gasteiger partial charge < -0.3 is 10.1 Å². The Morgan fingerprint density at radius 3 is 2.52 bits per heavy atom. The molecule has 0 saturated carbocycles. The van der Waals surface area contributed by atoms with Crippen molar-refractivity contribution in [1.82, 2.24) is 14.8 Å². The number of nitrogens with zero attached hydrogens (tertiary/aromatic N) is 3. The van der Waals surface area contributed by atoms with Gasteiger partial charge in [-0.3, -0.25) is 9.36 Å². The van der Waals surface area contributed by atoms with Gasteiger partial charge in [-0.2, -0.15) is 0 Å². The number of hydrogen-bond acceptors (Lipinski definition) is 5. The second kappa shape index (κ2) is 10.6. The Bertz CT molecular complexity index is 1240. The van der Waals surface area contributed by atoms with E-state index in [-0.39, 0.29) is 18.3 Å². The molecule has 4 aromatic rings. The highest BCUT2D eigenvalue weighted by molar-refractivity contribution is 7.99. The number of nitrogens with one attached hydrogen (secondary N) is 1. The van der Waals surface area contributed by atoms with Crippen molar-refractivity contribution in [3.8, 4) is 11.4 Å². The summed E-state index contributed by atoms with van der Waals surface area (Å²) in [5, 5.41) is 12.8. The highest BCUT2D eigenvalue weighted by atomic mass is 35.5. The van der Waals surface area contributed by atoms with Crippen LogP contribution in [0.5, 0.6) is 5.75 Å². The molecule has 1 heterocycles. The first-order valence-corrected chi connectivity index (χ1v) is 11.7. The van der Waals surface area contributed by atoms with E-state index in [1.165, 1.54) is 11.8 Å². The van der Waals surface area contributed by atoms with Crippen LogP contribution in [0, 0.1) is 13.8 Å². The molecule has 1 N–H and O–H groups in total. The normalized spacial score (nSPS) is 10.8. The fraction of sp³-hybridized carbons (Fsp3) is 0.160. The average Bonchev–Trinajstić information content (AvgIpc) is 3.22. The number of benzene rings is 3. The van der Waals surface area contributed by atoms with Gasteiger partial charge in [-0.25, -0.2) is 0 Å². The standard InChI is InChI=1S/C25H23ClN4O2S/c1-17-8-13-22(18(2)14-17)27-24(31)16-33-25-29-28-23(15-32-21-6-4-3-5-7-21)30(25)20-11-9-19(26)10-12-20/h3-14H,15-16H2,1-2H3,(H,27,31). The summed E-state index contributed by atoms with van der Waals surface area (Å²) in [6.45, 7) is 4.23. The minimum Gasteiger partial charge on any atom is -0.486 e. The predicted octanol–water partition coefficient (Wildman–Crippen LogP) is 5.85. The molecule has 0 aliphatic carbocycles. The topological polar surface area (TPSA) is 69.0 Å². The van der Waals surface area contributed by atoms with Crippen LogP contribution in [-0.4, -0.2) is 26.4 Å². The fourth-order valence-corrected chi connectivity index (χ4v) is 4.17. The van der Waals surface area contributed by atoms with Crippen molar-refractivity contribution in [2.45, 2.75) is 25.6 Å². The number of halogens is 1. The van der Waals surface area contributed by atoms with E-state index in [4.69, 9.17) is 16.3 Å². The molecule has 1 aromatic heterocycles. The summed E-state index contributed by atoms with van der Waals surface area (Å²) in [7, 11) is 0. The molecular formula is C25H23ClN4O2S. The molecule has 0 unspecified atom stereocenters. The summed E-state index contributed by atoms with van der Waals surface area (Å²) in [5.74, 6) is 1.45. The van der Waals surface area contributed by atoms with Crippen LogP contribution >= 0.6 is 23.4 Å². The maximum Gasteiger partial charge on any atom is 0.234 e. The number of rotatable bonds is 8. The third kappa shape index (κ3) is 5.94. The van der Waals surface area contributed by atoms with Gasteiger partial charge in [0, 0.05) is 16.4 Å². The van der Waals surface area contributed by atoms with Gasteiger partial charge in [0.1, 0.15) is 12.4 Å². The molecule has 6 nitrogen and oxygen atoms in total. The van der Waals surface area contributed by atoms with Crippen molar-refractivity contribution in [2.24, 2.45) is 0 Å². The number of ether oxygens (including phenoxy) is 1. The number of aryl methyl sites for hydroxylation is 2. The van der Waals surface area contributed by atoms with Gasteiger partial charge in [0.05, 0.1) is 5.75 Å². The van der Waals surface area contributed by atoms with Crippen molar-refractivity contribution in [1.29, 1.82) is 0 Å². The lowest BCUT2D eigenvalue weighted by Crippen LogP contribution is -2.15. The minimum absolute atomic E-state index is 0.111. The lowest BCUT2D eigenvalue weighted by Gasteiger charge is -2.12. The zero-order valence-electron chi connectivity index (χ0n) is 18.3. The summed E-state index contributed by atoms with van der Waals surface area (Å²) >= 11 is 7.39. The van der Waals surface area contributed by atoms with Crippen molar-refractivity contribution in [3.63, 3.8) is 0 Å². The molecule has 0 radical (unpaired) electrons. The lowest BCUT2D eigenvalue weighted by molar-refractivity contribution is -0.113. The van der Waals surface area contributed by atoms with Gasteiger partial charge in [-0.1, -0.05) is 59.3 Å². The van der Waals surface area contributed by atoms with Crippen LogP contribution in [0.2, 0.25) is 5.02 Å². The molecule has 4 rings (SSSR count). The third-order valence-corrected chi connectivity index (χ3v) is 6.07. The number of aromatic nitrogens is 3. The number of hydrogen-bond donors (Lipinski definition) is 1. The SMILES string of the molecule is Cc1ccc(NC(=O)CSc2nnc(COc3ccccc3)n2-c2ccc(Cl)cc2)c(C)c1. The Labute approximate surface area is 202 Å². The summed E-state index contributed by atoms with van der Waals surface area (Å²) in [5.41, 5.74) is 3.83. The number of anilines is 1. The van der Waals surface area contributed by atoms with Crippen LogP contribution in [0.25, 0.3) is 5.69 Å². The average molecular weight is 479 g/mol. The Morgan fingerprint density at radius 1 is 1.03 bits per heavy atom. The van der Waals surface area contributed by atoms with Crippen LogP contribution in [-0.2, 0) is 11.4 Å². The van der Waals surface area contributed by atoms with E-state index in [1.54, 1.807) is 12.1 Å². The monoisotopic (exact) mass is 478 g/mol. The van der Waals surface area contributed by atoms with E-state index in [0.29, 0.717) is 16.0 Å². The molecule has 0 fully saturated rings. The third-order valence-electron chi connectivity index (χ3n) is 4.88. The number of thioether (sulfide) groups is 1. The van der Waals surface area contributed by atoms with Gasteiger partial charge in [-0.05, 0) is 61.9 Å². The Morgan fingerprint density at radius 2 is 1.79 bits per heavy atom. The van der Waals surface area contributed by atoms with Gasteiger partial charge >= 0.3 is 0 Å². The second-order valence-electron chi connectivity index (χ2n) is 7.47. The highest BCUT2D eigenvalue weighted by Crippen LogP contribution is 2.25. The quantitative estimate of drug-likeness (QED) is 0.322. The van der Waals surface area contributed by atoms with E-state index < -0.39 is 0 Å². The molecule has 0 aliphatic heterocycles. The Hall–Kier alpha value is -3.29.